The quantitative estimate of drug-likeness (QED) is 0.872. The molecule has 2 aliphatic heterocycles. The van der Waals surface area contributed by atoms with Crippen LogP contribution in [0, 0.1) is 0 Å². The summed E-state index contributed by atoms with van der Waals surface area (Å²) < 4.78 is 5.56. The first-order chi connectivity index (χ1) is 12.3. The minimum absolute atomic E-state index is 0.0979. The molecule has 0 unspecified atom stereocenters. The average molecular weight is 342 g/mol. The number of H-pyrrole nitrogens is 1. The molecule has 2 aromatic rings. The first kappa shape index (κ1) is 16.5. The molecular formula is C19H26N4O2. The van der Waals surface area contributed by atoms with E-state index in [0.717, 1.165) is 62.2 Å². The third-order valence-corrected chi connectivity index (χ3v) is 5.22. The number of carbonyl (C=O) groups excluding carboxylic acids is 1. The average Bonchev–Trinajstić information content (AvgIpc) is 3.29. The van der Waals surface area contributed by atoms with Gasteiger partial charge in [-0.3, -0.25) is 9.69 Å². The van der Waals surface area contributed by atoms with E-state index < -0.39 is 0 Å². The molecule has 0 radical (unpaired) electrons. The number of piperidine rings is 1. The SMILES string of the molecule is O=C(CN1CCC[C@H](c2nc3ccccc3[nH]2)C1)NC[C@H]1CCCO1. The van der Waals surface area contributed by atoms with Crippen LogP contribution in [0.4, 0.5) is 0 Å². The van der Waals surface area contributed by atoms with Crippen LogP contribution < -0.4 is 5.32 Å². The zero-order valence-electron chi connectivity index (χ0n) is 14.5. The van der Waals surface area contributed by atoms with E-state index in [9.17, 15) is 4.79 Å². The first-order valence-corrected chi connectivity index (χ1v) is 9.33. The number of para-hydroxylation sites is 2. The minimum atomic E-state index is 0.0979. The van der Waals surface area contributed by atoms with E-state index in [1.165, 1.54) is 0 Å². The van der Waals surface area contributed by atoms with Crippen molar-refractivity contribution in [3.63, 3.8) is 0 Å². The second-order valence-corrected chi connectivity index (χ2v) is 7.15. The summed E-state index contributed by atoms with van der Waals surface area (Å²) in [4.78, 5) is 22.6. The number of hydrogen-bond acceptors (Lipinski definition) is 4. The molecule has 2 saturated heterocycles. The fourth-order valence-electron chi connectivity index (χ4n) is 3.88. The van der Waals surface area contributed by atoms with Gasteiger partial charge in [-0.2, -0.15) is 0 Å². The number of amides is 1. The Hall–Kier alpha value is -1.92. The Bertz CT molecular complexity index is 690. The van der Waals surface area contributed by atoms with Crippen molar-refractivity contribution in [2.24, 2.45) is 0 Å². The number of rotatable bonds is 5. The van der Waals surface area contributed by atoms with Crippen molar-refractivity contribution in [1.29, 1.82) is 0 Å². The highest BCUT2D eigenvalue weighted by Crippen LogP contribution is 2.26. The van der Waals surface area contributed by atoms with E-state index in [4.69, 9.17) is 9.72 Å². The normalized spacial score (nSPS) is 24.6. The summed E-state index contributed by atoms with van der Waals surface area (Å²) in [5, 5.41) is 3.02. The van der Waals surface area contributed by atoms with Gasteiger partial charge in [0.25, 0.3) is 0 Å². The maximum absolute atomic E-state index is 12.2. The lowest BCUT2D eigenvalue weighted by Gasteiger charge is -2.31. The Kier molecular flexibility index (Phi) is 4.99. The van der Waals surface area contributed by atoms with E-state index in [1.807, 2.05) is 18.2 Å². The summed E-state index contributed by atoms with van der Waals surface area (Å²) in [6.07, 6.45) is 4.58. The minimum Gasteiger partial charge on any atom is -0.376 e. The van der Waals surface area contributed by atoms with Crippen LogP contribution in [-0.4, -0.2) is 59.7 Å². The molecule has 2 N–H and O–H groups in total. The summed E-state index contributed by atoms with van der Waals surface area (Å²) in [5.74, 6) is 1.51. The van der Waals surface area contributed by atoms with Crippen LogP contribution in [0.5, 0.6) is 0 Å². The highest BCUT2D eigenvalue weighted by Gasteiger charge is 2.25. The van der Waals surface area contributed by atoms with Crippen molar-refractivity contribution in [1.82, 2.24) is 20.2 Å². The van der Waals surface area contributed by atoms with Crippen LogP contribution in [-0.2, 0) is 9.53 Å². The largest absolute Gasteiger partial charge is 0.376 e. The number of hydrogen-bond donors (Lipinski definition) is 2. The van der Waals surface area contributed by atoms with Gasteiger partial charge in [-0.25, -0.2) is 4.98 Å². The standard InChI is InChI=1S/C19H26N4O2/c24-18(20-11-15-6-4-10-25-15)13-23-9-3-5-14(12-23)19-21-16-7-1-2-8-17(16)22-19/h1-2,7-8,14-15H,3-6,9-13H2,(H,20,24)(H,21,22)/t14-,15+/m0/s1. The lowest BCUT2D eigenvalue weighted by molar-refractivity contribution is -0.123. The van der Waals surface area contributed by atoms with Crippen molar-refractivity contribution in [3.05, 3.63) is 30.1 Å². The Balaban J connectivity index is 1.31. The van der Waals surface area contributed by atoms with Crippen molar-refractivity contribution in [2.75, 3.05) is 32.8 Å². The van der Waals surface area contributed by atoms with Gasteiger partial charge in [0.05, 0.1) is 23.7 Å². The number of imidazole rings is 1. The molecule has 4 rings (SSSR count). The fraction of sp³-hybridized carbons (Fsp3) is 0.579. The van der Waals surface area contributed by atoms with Crippen LogP contribution >= 0.6 is 0 Å². The van der Waals surface area contributed by atoms with Crippen LogP contribution in [0.25, 0.3) is 11.0 Å². The maximum atomic E-state index is 12.2. The van der Waals surface area contributed by atoms with E-state index >= 15 is 0 Å². The number of nitrogens with one attached hydrogen (secondary N) is 2. The lowest BCUT2D eigenvalue weighted by Crippen LogP contribution is -2.43. The van der Waals surface area contributed by atoms with Gasteiger partial charge in [0, 0.05) is 25.6 Å². The summed E-state index contributed by atoms with van der Waals surface area (Å²) in [7, 11) is 0. The van der Waals surface area contributed by atoms with Gasteiger partial charge in [0.15, 0.2) is 0 Å². The molecule has 0 aliphatic carbocycles. The highest BCUT2D eigenvalue weighted by molar-refractivity contribution is 5.78. The number of aromatic nitrogens is 2. The molecule has 1 aromatic heterocycles. The monoisotopic (exact) mass is 342 g/mol. The Morgan fingerprint density at radius 1 is 1.32 bits per heavy atom. The molecule has 0 saturated carbocycles. The van der Waals surface area contributed by atoms with E-state index in [0.29, 0.717) is 19.0 Å². The molecule has 2 aliphatic rings. The predicted octanol–water partition coefficient (Wildman–Crippen LogP) is 2.04. The number of ether oxygens (including phenoxy) is 1. The van der Waals surface area contributed by atoms with E-state index in [-0.39, 0.29) is 12.0 Å². The molecule has 134 valence electrons. The number of carbonyl (C=O) groups is 1. The topological polar surface area (TPSA) is 70.2 Å². The van der Waals surface area contributed by atoms with Crippen LogP contribution in [0.15, 0.2) is 24.3 Å². The third kappa shape index (κ3) is 4.02. The number of aromatic amines is 1. The molecule has 6 heteroatoms. The van der Waals surface area contributed by atoms with Gasteiger partial charge in [0.2, 0.25) is 5.91 Å². The third-order valence-electron chi connectivity index (χ3n) is 5.22. The second-order valence-electron chi connectivity index (χ2n) is 7.15. The van der Waals surface area contributed by atoms with Gasteiger partial charge in [-0.15, -0.1) is 0 Å². The van der Waals surface area contributed by atoms with E-state index in [1.54, 1.807) is 0 Å². The summed E-state index contributed by atoms with van der Waals surface area (Å²) in [5.41, 5.74) is 2.10. The Morgan fingerprint density at radius 2 is 2.24 bits per heavy atom. The zero-order chi connectivity index (χ0) is 17.1. The fourth-order valence-corrected chi connectivity index (χ4v) is 3.88. The molecule has 2 atom stereocenters. The summed E-state index contributed by atoms with van der Waals surface area (Å²) in [6, 6.07) is 8.13. The van der Waals surface area contributed by atoms with Crippen molar-refractivity contribution in [2.45, 2.75) is 37.7 Å². The van der Waals surface area contributed by atoms with Gasteiger partial charge in [-0.1, -0.05) is 12.1 Å². The lowest BCUT2D eigenvalue weighted by atomic mass is 9.97. The number of likely N-dealkylation sites (tertiary alicyclic amines) is 1. The van der Waals surface area contributed by atoms with Crippen molar-refractivity contribution >= 4 is 16.9 Å². The van der Waals surface area contributed by atoms with Crippen LogP contribution in [0.3, 0.4) is 0 Å². The van der Waals surface area contributed by atoms with Gasteiger partial charge in [-0.05, 0) is 44.4 Å². The van der Waals surface area contributed by atoms with Crippen LogP contribution in [0.2, 0.25) is 0 Å². The molecule has 1 aromatic carbocycles. The summed E-state index contributed by atoms with van der Waals surface area (Å²) in [6.45, 7) is 3.78. The Labute approximate surface area is 147 Å². The van der Waals surface area contributed by atoms with Gasteiger partial charge < -0.3 is 15.0 Å². The smallest absolute Gasteiger partial charge is 0.234 e. The van der Waals surface area contributed by atoms with Crippen molar-refractivity contribution < 1.29 is 9.53 Å². The first-order valence-electron chi connectivity index (χ1n) is 9.33. The number of benzene rings is 1. The molecule has 6 nitrogen and oxygen atoms in total. The molecule has 3 heterocycles. The number of nitrogens with zero attached hydrogens (tertiary/aromatic N) is 2. The molecule has 1 amide bonds. The summed E-state index contributed by atoms with van der Waals surface area (Å²) >= 11 is 0. The maximum Gasteiger partial charge on any atom is 0.234 e. The second kappa shape index (κ2) is 7.54. The predicted molar refractivity (Wildman–Crippen MR) is 96.5 cm³/mol. The molecular weight excluding hydrogens is 316 g/mol. The zero-order valence-corrected chi connectivity index (χ0v) is 14.5. The molecule has 2 fully saturated rings. The highest BCUT2D eigenvalue weighted by atomic mass is 16.5. The Morgan fingerprint density at radius 3 is 3.08 bits per heavy atom. The van der Waals surface area contributed by atoms with Crippen LogP contribution in [0.1, 0.15) is 37.4 Å². The molecule has 25 heavy (non-hydrogen) atoms. The van der Waals surface area contributed by atoms with Gasteiger partial charge >= 0.3 is 0 Å². The number of fused-ring (bicyclic) bond motifs is 1. The molecule has 0 spiro atoms. The van der Waals surface area contributed by atoms with E-state index in [2.05, 4.69) is 21.3 Å². The molecule has 0 bridgehead atoms. The van der Waals surface area contributed by atoms with Gasteiger partial charge in [0.1, 0.15) is 5.82 Å². The van der Waals surface area contributed by atoms with Crippen molar-refractivity contribution in [3.8, 4) is 0 Å².